The highest BCUT2D eigenvalue weighted by Crippen LogP contribution is 2.50. The summed E-state index contributed by atoms with van der Waals surface area (Å²) in [5, 5.41) is 0.970. The Morgan fingerprint density at radius 1 is 0.914 bits per heavy atom. The molecule has 5 nitrogen and oxygen atoms in total. The Morgan fingerprint density at radius 2 is 1.54 bits per heavy atom. The van der Waals surface area contributed by atoms with Crippen LogP contribution < -0.4 is 9.47 Å². The topological polar surface area (TPSA) is 55.8 Å². The van der Waals surface area contributed by atoms with Crippen LogP contribution >= 0.6 is 23.2 Å². The fourth-order valence-electron chi connectivity index (χ4n) is 5.50. The maximum absolute atomic E-state index is 13.2. The summed E-state index contributed by atoms with van der Waals surface area (Å²) >= 11 is 13.0. The van der Waals surface area contributed by atoms with Gasteiger partial charge < -0.3 is 14.4 Å². The minimum absolute atomic E-state index is 0.0992. The van der Waals surface area contributed by atoms with Crippen LogP contribution in [0.15, 0.2) is 58.9 Å². The van der Waals surface area contributed by atoms with E-state index in [1.807, 2.05) is 31.3 Å². The predicted molar refractivity (Wildman–Crippen MR) is 136 cm³/mol. The minimum Gasteiger partial charge on any atom is -0.493 e. The average Bonchev–Trinajstić information content (AvgIpc) is 2.85. The summed E-state index contributed by atoms with van der Waals surface area (Å²) in [5.41, 5.74) is 5.08. The predicted octanol–water partition coefficient (Wildman–Crippen LogP) is 6.62. The molecule has 5 rings (SSSR count). The van der Waals surface area contributed by atoms with Crippen molar-refractivity contribution in [2.75, 3.05) is 14.2 Å². The maximum Gasteiger partial charge on any atom is 0.180 e. The van der Waals surface area contributed by atoms with E-state index in [-0.39, 0.29) is 18.2 Å². The molecule has 182 valence electrons. The number of allylic oxidation sites excluding steroid dienone is 4. The number of hydrogen-bond donors (Lipinski definition) is 0. The van der Waals surface area contributed by atoms with Gasteiger partial charge in [0.15, 0.2) is 23.1 Å². The number of carbonyl (C=O) groups is 2. The normalized spacial score (nSPS) is 18.6. The van der Waals surface area contributed by atoms with E-state index in [9.17, 15) is 9.59 Å². The van der Waals surface area contributed by atoms with Crippen LogP contribution in [0.2, 0.25) is 10.0 Å². The molecule has 0 saturated heterocycles. The third kappa shape index (κ3) is 4.25. The monoisotopic (exact) mass is 511 g/mol. The first-order chi connectivity index (χ1) is 16.9. The lowest BCUT2D eigenvalue weighted by Gasteiger charge is -2.42. The first-order valence-corrected chi connectivity index (χ1v) is 12.7. The van der Waals surface area contributed by atoms with Crippen LogP contribution in [0.5, 0.6) is 11.5 Å². The van der Waals surface area contributed by atoms with Gasteiger partial charge in [-0.05, 0) is 49.4 Å². The first-order valence-electron chi connectivity index (χ1n) is 11.9. The zero-order valence-corrected chi connectivity index (χ0v) is 21.3. The van der Waals surface area contributed by atoms with Gasteiger partial charge in [0, 0.05) is 58.9 Å². The van der Waals surface area contributed by atoms with Gasteiger partial charge in [-0.15, -0.1) is 0 Å². The van der Waals surface area contributed by atoms with E-state index in [1.165, 1.54) is 0 Å². The molecule has 0 atom stereocenters. The van der Waals surface area contributed by atoms with Crippen molar-refractivity contribution < 1.29 is 19.1 Å². The fraction of sp³-hybridized carbons (Fsp3) is 0.357. The van der Waals surface area contributed by atoms with Crippen molar-refractivity contribution in [3.05, 3.63) is 80.1 Å². The molecule has 1 aliphatic heterocycles. The highest BCUT2D eigenvalue weighted by Gasteiger charge is 2.42. The molecule has 0 radical (unpaired) electrons. The summed E-state index contributed by atoms with van der Waals surface area (Å²) < 4.78 is 11.7. The van der Waals surface area contributed by atoms with Gasteiger partial charge in [0.05, 0.1) is 12.1 Å². The van der Waals surface area contributed by atoms with Crippen LogP contribution in [-0.4, -0.2) is 30.6 Å². The molecule has 1 heterocycles. The Balaban J connectivity index is 1.59. The van der Waals surface area contributed by atoms with E-state index < -0.39 is 5.92 Å². The number of halogens is 2. The molecular weight excluding hydrogens is 485 g/mol. The van der Waals surface area contributed by atoms with Crippen LogP contribution in [-0.2, 0) is 16.2 Å². The Hall–Kier alpha value is -2.76. The van der Waals surface area contributed by atoms with Crippen molar-refractivity contribution in [1.29, 1.82) is 0 Å². The van der Waals surface area contributed by atoms with E-state index in [0.717, 1.165) is 59.4 Å². The van der Waals surface area contributed by atoms with Gasteiger partial charge in [0.2, 0.25) is 0 Å². The molecule has 2 aromatic carbocycles. The molecule has 0 spiro atoms. The lowest BCUT2D eigenvalue weighted by Crippen LogP contribution is -2.37. The van der Waals surface area contributed by atoms with Crippen molar-refractivity contribution >= 4 is 34.8 Å². The third-order valence-corrected chi connectivity index (χ3v) is 7.81. The highest BCUT2D eigenvalue weighted by atomic mass is 35.5. The zero-order chi connectivity index (χ0) is 24.7. The van der Waals surface area contributed by atoms with Gasteiger partial charge in [-0.1, -0.05) is 41.4 Å². The van der Waals surface area contributed by atoms with Gasteiger partial charge >= 0.3 is 0 Å². The summed E-state index contributed by atoms with van der Waals surface area (Å²) in [6.45, 7) is 0.227. The number of ether oxygens (including phenoxy) is 2. The molecule has 0 bridgehead atoms. The number of benzene rings is 2. The van der Waals surface area contributed by atoms with Crippen LogP contribution in [0.4, 0.5) is 0 Å². The van der Waals surface area contributed by atoms with Crippen molar-refractivity contribution in [3.8, 4) is 11.5 Å². The van der Waals surface area contributed by atoms with Crippen LogP contribution in [0.1, 0.15) is 55.6 Å². The Kier molecular flexibility index (Phi) is 6.65. The second-order valence-electron chi connectivity index (χ2n) is 9.18. The number of rotatable bonds is 5. The Morgan fingerprint density at radius 3 is 2.14 bits per heavy atom. The molecule has 7 heteroatoms. The van der Waals surface area contributed by atoms with Crippen LogP contribution in [0.25, 0.3) is 0 Å². The molecule has 0 amide bonds. The molecule has 0 fully saturated rings. The first kappa shape index (κ1) is 24.0. The van der Waals surface area contributed by atoms with Gasteiger partial charge in [-0.3, -0.25) is 9.59 Å². The van der Waals surface area contributed by atoms with Gasteiger partial charge in [0.25, 0.3) is 0 Å². The fourth-order valence-corrected chi connectivity index (χ4v) is 5.96. The van der Waals surface area contributed by atoms with Crippen LogP contribution in [0, 0.1) is 0 Å². The number of Topliss-reactive ketones (excluding diaryl/α,β-unsaturated/α-hetero) is 2. The summed E-state index contributed by atoms with van der Waals surface area (Å²) in [4.78, 5) is 28.5. The van der Waals surface area contributed by atoms with E-state index in [1.54, 1.807) is 19.2 Å². The molecule has 0 saturated carbocycles. The number of carbonyl (C=O) groups excluding carboxylic acids is 2. The summed E-state index contributed by atoms with van der Waals surface area (Å²) in [7, 11) is 3.54. The second-order valence-corrected chi connectivity index (χ2v) is 9.99. The van der Waals surface area contributed by atoms with Gasteiger partial charge in [-0.2, -0.15) is 0 Å². The van der Waals surface area contributed by atoms with E-state index in [0.29, 0.717) is 34.4 Å². The lowest BCUT2D eigenvalue weighted by atomic mass is 9.71. The Bertz CT molecular complexity index is 1240. The minimum atomic E-state index is -0.444. The summed E-state index contributed by atoms with van der Waals surface area (Å²) in [6.07, 6.45) is 4.27. The van der Waals surface area contributed by atoms with Crippen molar-refractivity contribution in [2.24, 2.45) is 0 Å². The molecule has 2 aliphatic carbocycles. The molecule has 0 N–H and O–H groups in total. The molecule has 0 unspecified atom stereocenters. The zero-order valence-electron chi connectivity index (χ0n) is 19.8. The van der Waals surface area contributed by atoms with Crippen molar-refractivity contribution in [3.63, 3.8) is 0 Å². The van der Waals surface area contributed by atoms with Gasteiger partial charge in [-0.25, -0.2) is 0 Å². The van der Waals surface area contributed by atoms with Crippen molar-refractivity contribution in [1.82, 2.24) is 4.90 Å². The maximum atomic E-state index is 13.2. The highest BCUT2D eigenvalue weighted by molar-refractivity contribution is 6.32. The Labute approximate surface area is 215 Å². The molecule has 3 aliphatic rings. The molecule has 0 aromatic heterocycles. The van der Waals surface area contributed by atoms with Gasteiger partial charge in [0.1, 0.15) is 6.61 Å². The number of ketones is 2. The smallest absolute Gasteiger partial charge is 0.180 e. The largest absolute Gasteiger partial charge is 0.493 e. The average molecular weight is 512 g/mol. The van der Waals surface area contributed by atoms with E-state index in [2.05, 4.69) is 4.90 Å². The van der Waals surface area contributed by atoms with E-state index >= 15 is 0 Å². The number of methoxy groups -OCH3 is 1. The van der Waals surface area contributed by atoms with Crippen LogP contribution in [0.3, 0.4) is 0 Å². The number of hydrogen-bond acceptors (Lipinski definition) is 5. The SMILES string of the molecule is COc1cc(C2C3=C(CCCC3=O)N(C)C3=C2C(=O)CCC3)cc(Cl)c1OCc1ccccc1Cl. The summed E-state index contributed by atoms with van der Waals surface area (Å²) in [6, 6.07) is 11.1. The lowest BCUT2D eigenvalue weighted by molar-refractivity contribution is -0.117. The molecule has 35 heavy (non-hydrogen) atoms. The summed E-state index contributed by atoms with van der Waals surface area (Å²) in [5.74, 6) is 0.610. The van der Waals surface area contributed by atoms with Crippen molar-refractivity contribution in [2.45, 2.75) is 51.0 Å². The third-order valence-electron chi connectivity index (χ3n) is 7.16. The van der Waals surface area contributed by atoms with E-state index in [4.69, 9.17) is 32.7 Å². The molecule has 2 aromatic rings. The standard InChI is InChI=1S/C28H27Cl2NO4/c1-31-20-9-5-11-22(32)26(20)25(27-21(31)10-6-12-23(27)33)17-13-19(30)28(24(14-17)34-2)35-15-16-7-3-4-8-18(16)29/h3-4,7-8,13-14,25H,5-6,9-12,15H2,1-2H3. The quantitative estimate of drug-likeness (QED) is 0.451. The number of nitrogens with zero attached hydrogens (tertiary/aromatic N) is 1. The molecular formula is C28H27Cl2NO4. The second kappa shape index (κ2) is 9.71.